The van der Waals surface area contributed by atoms with Crippen LogP contribution in [-0.2, 0) is 26.6 Å². The van der Waals surface area contributed by atoms with E-state index in [1.54, 1.807) is 25.4 Å². The topological polar surface area (TPSA) is 76.6 Å². The summed E-state index contributed by atoms with van der Waals surface area (Å²) in [5.41, 5.74) is 2.37. The molecule has 1 unspecified atom stereocenters. The third-order valence-corrected chi connectivity index (χ3v) is 11.6. The molecule has 6 nitrogen and oxygen atoms in total. The van der Waals surface area contributed by atoms with Gasteiger partial charge in [0.2, 0.25) is 10.0 Å². The molecular formula is C28H32ClN3O3S2. The summed E-state index contributed by atoms with van der Waals surface area (Å²) in [5.74, 6) is 0.745. The van der Waals surface area contributed by atoms with Crippen molar-refractivity contribution < 1.29 is 13.0 Å². The van der Waals surface area contributed by atoms with E-state index in [9.17, 15) is 13.0 Å². The van der Waals surface area contributed by atoms with Crippen LogP contribution in [-0.4, -0.2) is 66.1 Å². The number of fused-ring (bicyclic) bond motifs is 2. The number of hydrogen-bond acceptors (Lipinski definition) is 5. The molecule has 1 spiro atoms. The number of likely N-dealkylation sites (tertiary alicyclic amines) is 1. The molecule has 3 aromatic rings. The second-order valence-corrected chi connectivity index (χ2v) is 14.0. The first-order valence-corrected chi connectivity index (χ1v) is 15.7. The van der Waals surface area contributed by atoms with E-state index >= 15 is 0 Å². The zero-order chi connectivity index (χ0) is 26.0. The van der Waals surface area contributed by atoms with E-state index in [4.69, 9.17) is 11.6 Å². The van der Waals surface area contributed by atoms with Crippen LogP contribution >= 0.6 is 11.6 Å². The van der Waals surface area contributed by atoms with Crippen LogP contribution < -0.4 is 0 Å². The van der Waals surface area contributed by atoms with Gasteiger partial charge in [-0.25, -0.2) is 12.7 Å². The Labute approximate surface area is 227 Å². The Morgan fingerprint density at radius 1 is 1.11 bits per heavy atom. The van der Waals surface area contributed by atoms with Crippen LogP contribution in [0.25, 0.3) is 0 Å². The van der Waals surface area contributed by atoms with Crippen LogP contribution in [0.4, 0.5) is 0 Å². The van der Waals surface area contributed by atoms with Crippen molar-refractivity contribution in [3.05, 3.63) is 89.2 Å². The average Bonchev–Trinajstić information content (AvgIpc) is 3.19. The molecule has 9 heteroatoms. The fraction of sp³-hybridized carbons (Fsp3) is 0.393. The summed E-state index contributed by atoms with van der Waals surface area (Å²) in [6.45, 7) is 3.13. The normalized spacial score (nSPS) is 20.3. The Bertz CT molecular complexity index is 1310. The third-order valence-electron chi connectivity index (χ3n) is 7.88. The first-order valence-electron chi connectivity index (χ1n) is 12.6. The van der Waals surface area contributed by atoms with Crippen molar-refractivity contribution in [3.8, 4) is 0 Å². The van der Waals surface area contributed by atoms with Gasteiger partial charge in [-0.15, -0.1) is 0 Å². The molecule has 1 saturated heterocycles. The predicted octanol–water partition coefficient (Wildman–Crippen LogP) is 4.68. The molecule has 37 heavy (non-hydrogen) atoms. The van der Waals surface area contributed by atoms with Gasteiger partial charge < -0.3 is 9.45 Å². The van der Waals surface area contributed by atoms with Gasteiger partial charge >= 0.3 is 0 Å². The monoisotopic (exact) mass is 557 g/mol. The van der Waals surface area contributed by atoms with Crippen molar-refractivity contribution >= 4 is 32.8 Å². The molecule has 3 heterocycles. The lowest BCUT2D eigenvalue weighted by Gasteiger charge is -2.38. The number of aromatic nitrogens is 1. The lowest BCUT2D eigenvalue weighted by atomic mass is 9.74. The van der Waals surface area contributed by atoms with Gasteiger partial charge in [-0.3, -0.25) is 4.98 Å². The molecule has 5 rings (SSSR count). The molecule has 0 amide bonds. The lowest BCUT2D eigenvalue weighted by Crippen LogP contribution is -2.44. The molecule has 196 valence electrons. The zero-order valence-corrected chi connectivity index (χ0v) is 23.3. The first kappa shape index (κ1) is 26.7. The van der Waals surface area contributed by atoms with Crippen LogP contribution in [0.2, 0.25) is 5.02 Å². The third kappa shape index (κ3) is 5.60. The number of benzene rings is 2. The zero-order valence-electron chi connectivity index (χ0n) is 20.9. The number of piperidine rings is 1. The van der Waals surface area contributed by atoms with E-state index in [1.807, 2.05) is 36.4 Å². The van der Waals surface area contributed by atoms with Crippen LogP contribution in [0.3, 0.4) is 0 Å². The number of sulfonamides is 1. The van der Waals surface area contributed by atoms with Gasteiger partial charge in [0.05, 0.1) is 0 Å². The summed E-state index contributed by atoms with van der Waals surface area (Å²) in [7, 11) is -2.01. The highest BCUT2D eigenvalue weighted by molar-refractivity contribution is 7.91. The van der Waals surface area contributed by atoms with Crippen molar-refractivity contribution in [1.82, 2.24) is 14.2 Å². The summed E-state index contributed by atoms with van der Waals surface area (Å²) < 4.78 is 40.5. The van der Waals surface area contributed by atoms with E-state index in [0.717, 1.165) is 55.1 Å². The molecule has 0 radical (unpaired) electrons. The maximum Gasteiger partial charge on any atom is 0.244 e. The van der Waals surface area contributed by atoms with Gasteiger partial charge in [0, 0.05) is 42.0 Å². The molecule has 0 saturated carbocycles. The molecule has 0 N–H and O–H groups in total. The smallest absolute Gasteiger partial charge is 0.244 e. The van der Waals surface area contributed by atoms with Crippen LogP contribution in [0.1, 0.15) is 36.3 Å². The van der Waals surface area contributed by atoms with Gasteiger partial charge in [0.25, 0.3) is 0 Å². The molecule has 2 aliphatic heterocycles. The van der Waals surface area contributed by atoms with Crippen molar-refractivity contribution in [1.29, 1.82) is 0 Å². The van der Waals surface area contributed by atoms with Crippen molar-refractivity contribution in [3.63, 3.8) is 0 Å². The first-order chi connectivity index (χ1) is 17.8. The number of likely N-dealkylation sites (N-methyl/N-ethyl adjacent to an activating group) is 1. The predicted molar refractivity (Wildman–Crippen MR) is 148 cm³/mol. The quantitative estimate of drug-likeness (QED) is 0.376. The Balaban J connectivity index is 1.26. The summed E-state index contributed by atoms with van der Waals surface area (Å²) in [6, 6.07) is 19.1. The van der Waals surface area contributed by atoms with Crippen LogP contribution in [0, 0.1) is 0 Å². The molecule has 2 aliphatic rings. The summed E-state index contributed by atoms with van der Waals surface area (Å²) >= 11 is 5.22. The maximum atomic E-state index is 13.2. The fourth-order valence-electron chi connectivity index (χ4n) is 5.65. The Hall–Kier alpha value is -1.94. The number of rotatable bonds is 8. The number of halogens is 1. The van der Waals surface area contributed by atoms with E-state index in [2.05, 4.69) is 22.0 Å². The summed E-state index contributed by atoms with van der Waals surface area (Å²) in [5, 5.41) is 0.661. The van der Waals surface area contributed by atoms with Crippen molar-refractivity contribution in [2.24, 2.45) is 0 Å². The summed E-state index contributed by atoms with van der Waals surface area (Å²) in [4.78, 5) is 7.65. The molecular weight excluding hydrogens is 526 g/mol. The molecule has 1 aromatic heterocycles. The van der Waals surface area contributed by atoms with Gasteiger partial charge in [0.1, 0.15) is 10.6 Å². The second kappa shape index (κ2) is 11.0. The SMILES string of the molecule is CN(C[C@@H](CCN1CCC2(CC1)C[S+]([O-])c1ccccc12)c1ccc(Cl)cc1)S(=O)(=O)c1cccnc1. The standard InChI is InChI=1S/C28H32ClN3O3S2/c1-31(37(34,35)25-5-4-15-30-19-25)20-23(22-8-10-24(29)11-9-22)12-16-32-17-13-28(14-18-32)21-36(33)27-7-3-2-6-26(27)28/h2-11,15,19,23H,12-14,16-18,20-21H2,1H3/t23-,36?/m1/s1. The van der Waals surface area contributed by atoms with Crippen molar-refractivity contribution in [2.45, 2.75) is 40.4 Å². The minimum atomic E-state index is -3.64. The Morgan fingerprint density at radius 2 is 1.84 bits per heavy atom. The molecule has 0 aliphatic carbocycles. The fourth-order valence-corrected chi connectivity index (χ4v) is 8.82. The molecule has 0 bridgehead atoms. The van der Waals surface area contributed by atoms with Crippen LogP contribution in [0.15, 0.2) is 82.8 Å². The van der Waals surface area contributed by atoms with E-state index in [1.165, 1.54) is 16.1 Å². The maximum absolute atomic E-state index is 13.2. The second-order valence-electron chi connectivity index (χ2n) is 10.1. The molecule has 2 aromatic carbocycles. The van der Waals surface area contributed by atoms with E-state index in [-0.39, 0.29) is 16.2 Å². The van der Waals surface area contributed by atoms with Crippen molar-refractivity contribution in [2.75, 3.05) is 39.0 Å². The van der Waals surface area contributed by atoms with Gasteiger partial charge in [-0.2, -0.15) is 0 Å². The van der Waals surface area contributed by atoms with Gasteiger partial charge in [0.15, 0.2) is 4.90 Å². The number of nitrogens with zero attached hydrogens (tertiary/aromatic N) is 3. The number of pyridine rings is 1. The highest BCUT2D eigenvalue weighted by atomic mass is 35.5. The highest BCUT2D eigenvalue weighted by Crippen LogP contribution is 2.46. The van der Waals surface area contributed by atoms with Crippen LogP contribution in [0.5, 0.6) is 0 Å². The molecule has 2 atom stereocenters. The Kier molecular flexibility index (Phi) is 7.96. The molecule has 1 fully saturated rings. The highest BCUT2D eigenvalue weighted by Gasteiger charge is 2.48. The largest absolute Gasteiger partial charge is 0.611 e. The minimum absolute atomic E-state index is 0.0179. The number of hydrogen-bond donors (Lipinski definition) is 0. The Morgan fingerprint density at radius 3 is 2.54 bits per heavy atom. The lowest BCUT2D eigenvalue weighted by molar-refractivity contribution is 0.165. The summed E-state index contributed by atoms with van der Waals surface area (Å²) in [6.07, 6.45) is 5.78. The van der Waals surface area contributed by atoms with Gasteiger partial charge in [-0.05, 0) is 91.9 Å². The van der Waals surface area contributed by atoms with E-state index < -0.39 is 21.2 Å². The van der Waals surface area contributed by atoms with Gasteiger partial charge in [-0.1, -0.05) is 41.9 Å². The van der Waals surface area contributed by atoms with E-state index in [0.29, 0.717) is 11.6 Å². The average molecular weight is 558 g/mol. The minimum Gasteiger partial charge on any atom is -0.611 e.